The Morgan fingerprint density at radius 3 is 2.61 bits per heavy atom. The number of halogens is 1. The first-order valence-electron chi connectivity index (χ1n) is 9.05. The lowest BCUT2D eigenvalue weighted by atomic mass is 10.1. The van der Waals surface area contributed by atoms with E-state index < -0.39 is 6.04 Å². The zero-order valence-electron chi connectivity index (χ0n) is 15.8. The lowest BCUT2D eigenvalue weighted by molar-refractivity contribution is -0.148. The lowest BCUT2D eigenvalue weighted by Gasteiger charge is -2.29. The number of rotatable bonds is 6. The third-order valence-corrected chi connectivity index (χ3v) is 5.98. The number of carbonyl (C=O) groups is 2. The van der Waals surface area contributed by atoms with Crippen molar-refractivity contribution >= 4 is 35.2 Å². The highest BCUT2D eigenvalue weighted by atomic mass is 35.5. The van der Waals surface area contributed by atoms with Gasteiger partial charge in [0.15, 0.2) is 0 Å². The van der Waals surface area contributed by atoms with E-state index in [1.807, 2.05) is 25.1 Å². The molecule has 0 saturated carbocycles. The van der Waals surface area contributed by atoms with Crippen LogP contribution in [0.25, 0.3) is 0 Å². The number of benzene rings is 2. The molecule has 1 saturated heterocycles. The van der Waals surface area contributed by atoms with E-state index in [0.717, 1.165) is 12.0 Å². The van der Waals surface area contributed by atoms with Crippen LogP contribution in [0.2, 0.25) is 5.02 Å². The Labute approximate surface area is 174 Å². The third kappa shape index (κ3) is 4.45. The van der Waals surface area contributed by atoms with E-state index in [1.165, 1.54) is 11.8 Å². The number of hydrogen-bond acceptors (Lipinski definition) is 5. The Bertz CT molecular complexity index is 843. The van der Waals surface area contributed by atoms with Gasteiger partial charge >= 0.3 is 5.97 Å². The number of thioether (sulfide) groups is 1. The van der Waals surface area contributed by atoms with Gasteiger partial charge in [-0.05, 0) is 48.4 Å². The van der Waals surface area contributed by atoms with Crippen LogP contribution in [0.15, 0.2) is 48.5 Å². The molecule has 3 rings (SSSR count). The molecule has 0 bridgehead atoms. The van der Waals surface area contributed by atoms with Crippen molar-refractivity contribution in [1.82, 2.24) is 4.90 Å². The van der Waals surface area contributed by atoms with Crippen LogP contribution in [0.1, 0.15) is 34.6 Å². The second-order valence-electron chi connectivity index (χ2n) is 6.36. The minimum atomic E-state index is -0.643. The lowest BCUT2D eigenvalue weighted by Crippen LogP contribution is -2.44. The summed E-state index contributed by atoms with van der Waals surface area (Å²) in [5.41, 5.74) is 1.37. The number of ether oxygens (including phenoxy) is 2. The fourth-order valence-electron chi connectivity index (χ4n) is 3.03. The molecule has 7 heteroatoms. The standard InChI is InChI=1S/C21H22ClNO4S/c1-3-11-27-21(25)18-13-28-20(15-5-4-6-16(22)12-15)23(18)19(24)14-7-9-17(26-2)10-8-14/h4-10,12,18,20H,3,11,13H2,1-2H3. The summed E-state index contributed by atoms with van der Waals surface area (Å²) in [5, 5.41) is 0.277. The van der Waals surface area contributed by atoms with E-state index in [1.54, 1.807) is 42.3 Å². The molecule has 1 aliphatic rings. The summed E-state index contributed by atoms with van der Waals surface area (Å²) in [5.74, 6) is 0.538. The average molecular weight is 420 g/mol. The first-order valence-corrected chi connectivity index (χ1v) is 10.5. The fraction of sp³-hybridized carbons (Fsp3) is 0.333. The number of nitrogens with zero attached hydrogens (tertiary/aromatic N) is 1. The molecule has 1 fully saturated rings. The smallest absolute Gasteiger partial charge is 0.329 e. The maximum Gasteiger partial charge on any atom is 0.329 e. The zero-order chi connectivity index (χ0) is 20.1. The van der Waals surface area contributed by atoms with Crippen LogP contribution in [0.3, 0.4) is 0 Å². The zero-order valence-corrected chi connectivity index (χ0v) is 17.3. The number of hydrogen-bond donors (Lipinski definition) is 0. The van der Waals surface area contributed by atoms with Crippen LogP contribution >= 0.6 is 23.4 Å². The second-order valence-corrected chi connectivity index (χ2v) is 7.91. The Morgan fingerprint density at radius 1 is 1.21 bits per heavy atom. The summed E-state index contributed by atoms with van der Waals surface area (Å²) in [4.78, 5) is 27.6. The Morgan fingerprint density at radius 2 is 1.96 bits per heavy atom. The molecule has 2 aromatic rings. The van der Waals surface area contributed by atoms with Gasteiger partial charge in [0.05, 0.1) is 13.7 Å². The van der Waals surface area contributed by atoms with Gasteiger partial charge in [-0.15, -0.1) is 11.8 Å². The fourth-order valence-corrected chi connectivity index (χ4v) is 4.64. The van der Waals surface area contributed by atoms with E-state index in [0.29, 0.717) is 28.7 Å². The SMILES string of the molecule is CCCOC(=O)C1CSC(c2cccc(Cl)c2)N1C(=O)c1ccc(OC)cc1. The molecular formula is C21H22ClNO4S. The van der Waals surface area contributed by atoms with Crippen molar-refractivity contribution in [3.05, 3.63) is 64.7 Å². The van der Waals surface area contributed by atoms with Crippen LogP contribution in [0.5, 0.6) is 5.75 Å². The number of esters is 1. The van der Waals surface area contributed by atoms with Gasteiger partial charge in [0.2, 0.25) is 0 Å². The molecule has 148 valence electrons. The van der Waals surface area contributed by atoms with Crippen molar-refractivity contribution in [2.45, 2.75) is 24.8 Å². The molecule has 5 nitrogen and oxygen atoms in total. The molecule has 0 spiro atoms. The van der Waals surface area contributed by atoms with Crippen molar-refractivity contribution in [3.8, 4) is 5.75 Å². The van der Waals surface area contributed by atoms with Gasteiger partial charge in [0.25, 0.3) is 5.91 Å². The predicted octanol–water partition coefficient (Wildman–Crippen LogP) is 4.56. The summed E-state index contributed by atoms with van der Waals surface area (Å²) in [7, 11) is 1.57. The summed E-state index contributed by atoms with van der Waals surface area (Å²) in [6.07, 6.45) is 0.732. The van der Waals surface area contributed by atoms with Gasteiger partial charge < -0.3 is 14.4 Å². The van der Waals surface area contributed by atoms with Crippen molar-refractivity contribution in [2.75, 3.05) is 19.5 Å². The summed E-state index contributed by atoms with van der Waals surface area (Å²) >= 11 is 7.68. The van der Waals surface area contributed by atoms with E-state index >= 15 is 0 Å². The molecule has 2 unspecified atom stereocenters. The van der Waals surface area contributed by atoms with Gasteiger partial charge in [0.1, 0.15) is 17.2 Å². The quantitative estimate of drug-likeness (QED) is 0.642. The van der Waals surface area contributed by atoms with Gasteiger partial charge in [-0.1, -0.05) is 30.7 Å². The molecule has 28 heavy (non-hydrogen) atoms. The molecule has 0 N–H and O–H groups in total. The predicted molar refractivity (Wildman–Crippen MR) is 111 cm³/mol. The first kappa shape index (κ1) is 20.6. The van der Waals surface area contributed by atoms with Gasteiger partial charge in [0, 0.05) is 16.3 Å². The monoisotopic (exact) mass is 419 g/mol. The molecule has 1 heterocycles. The Kier molecular flexibility index (Phi) is 6.86. The van der Waals surface area contributed by atoms with Crippen LogP contribution in [0, 0.1) is 0 Å². The van der Waals surface area contributed by atoms with Gasteiger partial charge in [-0.2, -0.15) is 0 Å². The van der Waals surface area contributed by atoms with E-state index in [9.17, 15) is 9.59 Å². The van der Waals surface area contributed by atoms with Crippen LogP contribution in [-0.4, -0.2) is 42.3 Å². The highest BCUT2D eigenvalue weighted by molar-refractivity contribution is 7.99. The molecule has 1 aliphatic heterocycles. The highest BCUT2D eigenvalue weighted by Crippen LogP contribution is 2.43. The minimum absolute atomic E-state index is 0.226. The normalized spacial score (nSPS) is 18.8. The maximum absolute atomic E-state index is 13.3. The van der Waals surface area contributed by atoms with E-state index in [-0.39, 0.29) is 17.3 Å². The van der Waals surface area contributed by atoms with Crippen molar-refractivity contribution < 1.29 is 19.1 Å². The topological polar surface area (TPSA) is 55.8 Å². The molecular weight excluding hydrogens is 398 g/mol. The van der Waals surface area contributed by atoms with E-state index in [2.05, 4.69) is 0 Å². The minimum Gasteiger partial charge on any atom is -0.497 e. The first-order chi connectivity index (χ1) is 13.5. The number of amides is 1. The van der Waals surface area contributed by atoms with Crippen LogP contribution in [0.4, 0.5) is 0 Å². The molecule has 1 amide bonds. The highest BCUT2D eigenvalue weighted by Gasteiger charge is 2.43. The summed E-state index contributed by atoms with van der Waals surface area (Å²) in [6.45, 7) is 2.28. The van der Waals surface area contributed by atoms with Gasteiger partial charge in [-0.25, -0.2) is 4.79 Å². The Hall–Kier alpha value is -2.18. The largest absolute Gasteiger partial charge is 0.497 e. The van der Waals surface area contributed by atoms with Crippen molar-refractivity contribution in [3.63, 3.8) is 0 Å². The number of carbonyl (C=O) groups excluding carboxylic acids is 2. The van der Waals surface area contributed by atoms with E-state index in [4.69, 9.17) is 21.1 Å². The molecule has 2 aromatic carbocycles. The molecule has 0 aliphatic carbocycles. The third-order valence-electron chi connectivity index (χ3n) is 4.43. The Balaban J connectivity index is 1.93. The number of methoxy groups -OCH3 is 1. The van der Waals surface area contributed by atoms with Gasteiger partial charge in [-0.3, -0.25) is 4.79 Å². The average Bonchev–Trinajstić information content (AvgIpc) is 3.16. The van der Waals surface area contributed by atoms with Crippen molar-refractivity contribution in [2.24, 2.45) is 0 Å². The summed E-state index contributed by atoms with van der Waals surface area (Å²) in [6, 6.07) is 13.6. The summed E-state index contributed by atoms with van der Waals surface area (Å²) < 4.78 is 10.5. The molecule has 2 atom stereocenters. The second kappa shape index (κ2) is 9.34. The maximum atomic E-state index is 13.3. The molecule has 0 radical (unpaired) electrons. The molecule has 0 aromatic heterocycles. The van der Waals surface area contributed by atoms with Crippen molar-refractivity contribution in [1.29, 1.82) is 0 Å². The van der Waals surface area contributed by atoms with Crippen LogP contribution < -0.4 is 4.74 Å². The van der Waals surface area contributed by atoms with Crippen LogP contribution in [-0.2, 0) is 9.53 Å².